The maximum Gasteiger partial charge on any atom is 0.338 e. The van der Waals surface area contributed by atoms with Crippen molar-refractivity contribution in [3.63, 3.8) is 0 Å². The van der Waals surface area contributed by atoms with Gasteiger partial charge in [0, 0.05) is 13.2 Å². The SMILES string of the molecule is COc1cccc2c1CC1C[C@@H](OC(=O)c3ccc(-c4ccccc4)cc3)[C@H](CCCOC3CCCCO3)[C@H]1C2. The van der Waals surface area contributed by atoms with Gasteiger partial charge in [0.25, 0.3) is 0 Å². The fraction of sp³-hybridized carbons (Fsp3) is 0.457. The Morgan fingerprint density at radius 1 is 0.925 bits per heavy atom. The summed E-state index contributed by atoms with van der Waals surface area (Å²) in [5, 5.41) is 0. The van der Waals surface area contributed by atoms with E-state index in [1.807, 2.05) is 42.5 Å². The number of carbonyl (C=O) groups is 1. The molecule has 5 atom stereocenters. The Morgan fingerprint density at radius 3 is 2.52 bits per heavy atom. The van der Waals surface area contributed by atoms with Crippen LogP contribution in [-0.4, -0.2) is 38.7 Å². The highest BCUT2D eigenvalue weighted by Gasteiger charge is 2.47. The summed E-state index contributed by atoms with van der Waals surface area (Å²) >= 11 is 0. The van der Waals surface area contributed by atoms with Gasteiger partial charge in [0.15, 0.2) is 6.29 Å². The number of esters is 1. The number of hydrogen-bond acceptors (Lipinski definition) is 5. The van der Waals surface area contributed by atoms with E-state index >= 15 is 0 Å². The fourth-order valence-corrected chi connectivity index (χ4v) is 7.11. The molecule has 1 saturated heterocycles. The molecule has 6 rings (SSSR count). The summed E-state index contributed by atoms with van der Waals surface area (Å²) < 4.78 is 23.8. The smallest absolute Gasteiger partial charge is 0.338 e. The molecular weight excluding hydrogens is 500 g/mol. The molecule has 0 N–H and O–H groups in total. The van der Waals surface area contributed by atoms with E-state index in [1.54, 1.807) is 7.11 Å². The van der Waals surface area contributed by atoms with E-state index < -0.39 is 0 Å². The molecule has 2 fully saturated rings. The van der Waals surface area contributed by atoms with Crippen LogP contribution in [0.25, 0.3) is 11.1 Å². The van der Waals surface area contributed by atoms with Crippen molar-refractivity contribution in [2.24, 2.45) is 17.8 Å². The van der Waals surface area contributed by atoms with Gasteiger partial charge >= 0.3 is 5.97 Å². The van der Waals surface area contributed by atoms with Crippen LogP contribution in [0.1, 0.15) is 60.0 Å². The average Bonchev–Trinajstić information content (AvgIpc) is 3.34. The Bertz CT molecular complexity index is 1260. The van der Waals surface area contributed by atoms with Crippen LogP contribution in [0.3, 0.4) is 0 Å². The van der Waals surface area contributed by atoms with Gasteiger partial charge in [-0.3, -0.25) is 0 Å². The Morgan fingerprint density at radius 2 is 1.75 bits per heavy atom. The largest absolute Gasteiger partial charge is 0.496 e. The first-order valence-corrected chi connectivity index (χ1v) is 14.9. The molecule has 210 valence electrons. The minimum atomic E-state index is -0.227. The fourth-order valence-electron chi connectivity index (χ4n) is 7.11. The highest BCUT2D eigenvalue weighted by Crippen LogP contribution is 2.49. The molecule has 0 aromatic heterocycles. The zero-order chi connectivity index (χ0) is 27.3. The van der Waals surface area contributed by atoms with Crippen LogP contribution < -0.4 is 4.74 Å². The van der Waals surface area contributed by atoms with Crippen LogP contribution >= 0.6 is 0 Å². The number of fused-ring (bicyclic) bond motifs is 2. The summed E-state index contributed by atoms with van der Waals surface area (Å²) in [4.78, 5) is 13.4. The highest BCUT2D eigenvalue weighted by molar-refractivity contribution is 5.90. The molecule has 3 aliphatic rings. The van der Waals surface area contributed by atoms with Crippen molar-refractivity contribution in [2.75, 3.05) is 20.3 Å². The first kappa shape index (κ1) is 27.0. The zero-order valence-electron chi connectivity index (χ0n) is 23.4. The van der Waals surface area contributed by atoms with E-state index in [0.29, 0.717) is 29.9 Å². The number of ether oxygens (including phenoxy) is 4. The van der Waals surface area contributed by atoms with Gasteiger partial charge < -0.3 is 18.9 Å². The standard InChI is InChI=1S/C35H40O5/c1-37-32-13-7-11-27-21-30-28(22-31(27)32)23-33(29(30)12-8-20-39-34-14-5-6-19-38-34)40-35(36)26-17-15-25(16-18-26)24-9-3-2-4-10-24/h2-4,7,9-11,13,15-18,28-30,33-34H,5-6,8,12,14,19-23H2,1H3/t28?,29-,30+,33-,34?/m1/s1. The lowest BCUT2D eigenvalue weighted by Gasteiger charge is -2.32. The third kappa shape index (κ3) is 5.96. The van der Waals surface area contributed by atoms with Crippen molar-refractivity contribution in [3.05, 3.63) is 89.5 Å². The van der Waals surface area contributed by atoms with E-state index in [2.05, 4.69) is 30.3 Å². The molecule has 2 unspecified atom stereocenters. The molecule has 0 spiro atoms. The van der Waals surface area contributed by atoms with Crippen molar-refractivity contribution >= 4 is 5.97 Å². The van der Waals surface area contributed by atoms with Crippen LogP contribution in [0.5, 0.6) is 5.75 Å². The van der Waals surface area contributed by atoms with Gasteiger partial charge in [0.05, 0.1) is 12.7 Å². The van der Waals surface area contributed by atoms with E-state index in [1.165, 1.54) is 17.5 Å². The Kier molecular flexibility index (Phi) is 8.50. The highest BCUT2D eigenvalue weighted by atomic mass is 16.7. The van der Waals surface area contributed by atoms with E-state index in [0.717, 1.165) is 68.4 Å². The lowest BCUT2D eigenvalue weighted by atomic mass is 9.73. The van der Waals surface area contributed by atoms with Crippen molar-refractivity contribution in [1.82, 2.24) is 0 Å². The van der Waals surface area contributed by atoms with Crippen LogP contribution in [-0.2, 0) is 27.1 Å². The van der Waals surface area contributed by atoms with Gasteiger partial charge in [0.2, 0.25) is 0 Å². The maximum atomic E-state index is 13.4. The molecule has 1 saturated carbocycles. The molecule has 3 aromatic rings. The molecule has 40 heavy (non-hydrogen) atoms. The Labute approximate surface area is 237 Å². The first-order chi connectivity index (χ1) is 19.7. The molecular formula is C35H40O5. The molecule has 0 amide bonds. The predicted octanol–water partition coefficient (Wildman–Crippen LogP) is 7.26. The molecule has 0 radical (unpaired) electrons. The van der Waals surface area contributed by atoms with Gasteiger partial charge in [-0.1, -0.05) is 54.6 Å². The number of methoxy groups -OCH3 is 1. The van der Waals surface area contributed by atoms with E-state index in [4.69, 9.17) is 18.9 Å². The Hall–Kier alpha value is -3.15. The zero-order valence-corrected chi connectivity index (χ0v) is 23.4. The number of benzene rings is 3. The summed E-state index contributed by atoms with van der Waals surface area (Å²) in [6, 6.07) is 24.4. The lowest BCUT2D eigenvalue weighted by Crippen LogP contribution is -2.29. The first-order valence-electron chi connectivity index (χ1n) is 14.9. The van der Waals surface area contributed by atoms with Crippen LogP contribution in [0.2, 0.25) is 0 Å². The van der Waals surface area contributed by atoms with Crippen molar-refractivity contribution in [1.29, 1.82) is 0 Å². The molecule has 5 nitrogen and oxygen atoms in total. The maximum absolute atomic E-state index is 13.4. The van der Waals surface area contributed by atoms with Crippen molar-refractivity contribution in [2.45, 2.75) is 63.8 Å². The second kappa shape index (κ2) is 12.6. The molecule has 0 bridgehead atoms. The average molecular weight is 541 g/mol. The lowest BCUT2D eigenvalue weighted by molar-refractivity contribution is -0.163. The number of carbonyl (C=O) groups excluding carboxylic acids is 1. The topological polar surface area (TPSA) is 54.0 Å². The van der Waals surface area contributed by atoms with Crippen molar-refractivity contribution in [3.8, 4) is 16.9 Å². The molecule has 2 aliphatic carbocycles. The van der Waals surface area contributed by atoms with Gasteiger partial charge in [0.1, 0.15) is 11.9 Å². The number of hydrogen-bond donors (Lipinski definition) is 0. The minimum Gasteiger partial charge on any atom is -0.496 e. The van der Waals surface area contributed by atoms with E-state index in [9.17, 15) is 4.79 Å². The summed E-state index contributed by atoms with van der Waals surface area (Å²) in [6.07, 6.45) is 7.93. The van der Waals surface area contributed by atoms with Gasteiger partial charge in [-0.15, -0.1) is 0 Å². The predicted molar refractivity (Wildman–Crippen MR) is 155 cm³/mol. The minimum absolute atomic E-state index is 0.0634. The normalized spacial score (nSPS) is 25.6. The van der Waals surface area contributed by atoms with Gasteiger partial charge in [-0.05, 0) is 110 Å². The van der Waals surface area contributed by atoms with Crippen LogP contribution in [0.4, 0.5) is 0 Å². The molecule has 1 aliphatic heterocycles. The van der Waals surface area contributed by atoms with Crippen molar-refractivity contribution < 1.29 is 23.7 Å². The van der Waals surface area contributed by atoms with Crippen LogP contribution in [0.15, 0.2) is 72.8 Å². The number of rotatable bonds is 9. The third-order valence-corrected chi connectivity index (χ3v) is 9.15. The third-order valence-electron chi connectivity index (χ3n) is 9.15. The summed E-state index contributed by atoms with van der Waals surface area (Å²) in [5.74, 6) is 2.04. The molecule has 3 aromatic carbocycles. The summed E-state index contributed by atoms with van der Waals surface area (Å²) in [7, 11) is 1.75. The van der Waals surface area contributed by atoms with Gasteiger partial charge in [-0.25, -0.2) is 4.79 Å². The Balaban J connectivity index is 1.15. The second-order valence-electron chi connectivity index (χ2n) is 11.5. The second-order valence-corrected chi connectivity index (χ2v) is 11.5. The quantitative estimate of drug-likeness (QED) is 0.211. The molecule has 5 heteroatoms. The summed E-state index contributed by atoms with van der Waals surface area (Å²) in [5.41, 5.74) is 5.54. The molecule has 1 heterocycles. The monoisotopic (exact) mass is 540 g/mol. The van der Waals surface area contributed by atoms with E-state index in [-0.39, 0.29) is 18.4 Å². The van der Waals surface area contributed by atoms with Crippen LogP contribution in [0, 0.1) is 17.8 Å². The summed E-state index contributed by atoms with van der Waals surface area (Å²) in [6.45, 7) is 1.48. The van der Waals surface area contributed by atoms with Gasteiger partial charge in [-0.2, -0.15) is 0 Å².